The van der Waals surface area contributed by atoms with E-state index in [-0.39, 0.29) is 18.2 Å². The van der Waals surface area contributed by atoms with Crippen LogP contribution in [0.3, 0.4) is 0 Å². The highest BCUT2D eigenvalue weighted by atomic mass is 16.6. The summed E-state index contributed by atoms with van der Waals surface area (Å²) in [5, 5.41) is 0. The zero-order valence-corrected chi connectivity index (χ0v) is 14.7. The normalized spacial score (nSPS) is 16.2. The average molecular weight is 331 g/mol. The number of carbonyl (C=O) groups is 2. The van der Waals surface area contributed by atoms with Gasteiger partial charge in [0.15, 0.2) is 0 Å². The van der Waals surface area contributed by atoms with Gasteiger partial charge in [0.1, 0.15) is 11.7 Å². The van der Waals surface area contributed by atoms with E-state index in [4.69, 9.17) is 9.47 Å². The Labute approximate surface area is 143 Å². The molecule has 0 N–H and O–H groups in total. The molecule has 1 aliphatic heterocycles. The van der Waals surface area contributed by atoms with E-state index in [1.54, 1.807) is 11.0 Å². The molecule has 0 fully saturated rings. The second-order valence-corrected chi connectivity index (χ2v) is 6.86. The van der Waals surface area contributed by atoms with Gasteiger partial charge in [-0.3, -0.25) is 0 Å². The van der Waals surface area contributed by atoms with Crippen LogP contribution in [0.4, 0.5) is 4.79 Å². The molecule has 5 nitrogen and oxygen atoms in total. The molecule has 5 heteroatoms. The Kier molecular flexibility index (Phi) is 5.65. The first kappa shape index (κ1) is 18.0. The third kappa shape index (κ3) is 5.11. The summed E-state index contributed by atoms with van der Waals surface area (Å²) in [4.78, 5) is 25.9. The van der Waals surface area contributed by atoms with Crippen molar-refractivity contribution in [2.45, 2.75) is 45.8 Å². The van der Waals surface area contributed by atoms with Crippen LogP contribution in [0.15, 0.2) is 42.0 Å². The summed E-state index contributed by atoms with van der Waals surface area (Å²) in [5.74, 6) is -0.324. The van der Waals surface area contributed by atoms with Crippen molar-refractivity contribution in [1.29, 1.82) is 0 Å². The molecule has 24 heavy (non-hydrogen) atoms. The van der Waals surface area contributed by atoms with Gasteiger partial charge in [-0.1, -0.05) is 36.4 Å². The molecule has 1 aliphatic rings. The van der Waals surface area contributed by atoms with Crippen LogP contribution >= 0.6 is 0 Å². The maximum atomic E-state index is 12.3. The maximum Gasteiger partial charge on any atom is 0.410 e. The number of hydrogen-bond acceptors (Lipinski definition) is 4. The van der Waals surface area contributed by atoms with Gasteiger partial charge in [-0.2, -0.15) is 0 Å². The predicted molar refractivity (Wildman–Crippen MR) is 91.5 cm³/mol. The van der Waals surface area contributed by atoms with Crippen LogP contribution < -0.4 is 0 Å². The Morgan fingerprint density at radius 1 is 1.17 bits per heavy atom. The zero-order chi connectivity index (χ0) is 17.7. The lowest BCUT2D eigenvalue weighted by molar-refractivity contribution is -0.144. The lowest BCUT2D eigenvalue weighted by atomic mass is 10.1. The zero-order valence-electron chi connectivity index (χ0n) is 14.7. The molecule has 0 radical (unpaired) electrons. The Bertz CT molecular complexity index is 616. The molecule has 130 valence electrons. The number of benzene rings is 1. The van der Waals surface area contributed by atoms with Crippen molar-refractivity contribution in [2.24, 2.45) is 0 Å². The summed E-state index contributed by atoms with van der Waals surface area (Å²) < 4.78 is 10.8. The van der Waals surface area contributed by atoms with Crippen LogP contribution in [0.1, 0.15) is 45.8 Å². The number of nitrogens with zero attached hydrogens (tertiary/aromatic N) is 1. The summed E-state index contributed by atoms with van der Waals surface area (Å²) in [6.45, 7) is 8.16. The van der Waals surface area contributed by atoms with E-state index in [0.717, 1.165) is 5.56 Å². The Morgan fingerprint density at radius 2 is 1.83 bits per heavy atom. The van der Waals surface area contributed by atoms with E-state index in [2.05, 4.69) is 0 Å². The highest BCUT2D eigenvalue weighted by Crippen LogP contribution is 2.21. The number of carbonyl (C=O) groups excluding carboxylic acids is 2. The average Bonchev–Trinajstić information content (AvgIpc) is 2.54. The van der Waals surface area contributed by atoms with Crippen molar-refractivity contribution in [2.75, 3.05) is 13.1 Å². The fourth-order valence-electron chi connectivity index (χ4n) is 2.38. The van der Waals surface area contributed by atoms with Gasteiger partial charge in [0.25, 0.3) is 0 Å². The van der Waals surface area contributed by atoms with Crippen LogP contribution in [0.5, 0.6) is 0 Å². The number of amides is 1. The van der Waals surface area contributed by atoms with E-state index in [1.807, 2.05) is 58.0 Å². The second kappa shape index (κ2) is 7.51. The van der Waals surface area contributed by atoms with Crippen molar-refractivity contribution in [3.05, 3.63) is 47.5 Å². The van der Waals surface area contributed by atoms with Gasteiger partial charge in [-0.05, 0) is 39.7 Å². The standard InChI is InChI=1S/C19H25NO4/c1-14(15-8-6-5-7-9-15)23-17(21)16-10-12-20(13-11-16)18(22)24-19(2,3)4/h5-10,14H,11-13H2,1-4H3. The minimum Gasteiger partial charge on any atom is -0.454 e. The molecule has 0 aromatic heterocycles. The molecule has 1 amide bonds. The molecule has 0 saturated heterocycles. The topological polar surface area (TPSA) is 55.8 Å². The van der Waals surface area contributed by atoms with Gasteiger partial charge >= 0.3 is 12.1 Å². The predicted octanol–water partition coefficient (Wildman–Crippen LogP) is 3.86. The number of esters is 1. The number of hydrogen-bond donors (Lipinski definition) is 0. The Hall–Kier alpha value is -2.30. The molecule has 1 aromatic rings. The second-order valence-electron chi connectivity index (χ2n) is 6.86. The fourth-order valence-corrected chi connectivity index (χ4v) is 2.38. The minimum atomic E-state index is -0.523. The third-order valence-electron chi connectivity index (χ3n) is 3.68. The first-order valence-electron chi connectivity index (χ1n) is 8.19. The van der Waals surface area contributed by atoms with Gasteiger partial charge in [0.05, 0.1) is 0 Å². The van der Waals surface area contributed by atoms with Crippen LogP contribution in [0.2, 0.25) is 0 Å². The highest BCUT2D eigenvalue weighted by molar-refractivity contribution is 5.89. The quantitative estimate of drug-likeness (QED) is 0.789. The molecular formula is C19H25NO4. The Morgan fingerprint density at radius 3 is 2.38 bits per heavy atom. The molecule has 0 aliphatic carbocycles. The van der Waals surface area contributed by atoms with Gasteiger partial charge in [-0.25, -0.2) is 9.59 Å². The van der Waals surface area contributed by atoms with Crippen molar-refractivity contribution in [3.63, 3.8) is 0 Å². The summed E-state index contributed by atoms with van der Waals surface area (Å²) in [6.07, 6.45) is 1.56. The summed E-state index contributed by atoms with van der Waals surface area (Å²) in [5.41, 5.74) is 1.04. The molecule has 2 rings (SSSR count). The monoisotopic (exact) mass is 331 g/mol. The third-order valence-corrected chi connectivity index (χ3v) is 3.68. The van der Waals surface area contributed by atoms with Gasteiger partial charge in [-0.15, -0.1) is 0 Å². The maximum absolute atomic E-state index is 12.3. The molecule has 1 atom stereocenters. The first-order chi connectivity index (χ1) is 11.3. The van der Waals surface area contributed by atoms with Gasteiger partial charge in [0, 0.05) is 18.7 Å². The van der Waals surface area contributed by atoms with E-state index in [0.29, 0.717) is 25.1 Å². The van der Waals surface area contributed by atoms with E-state index >= 15 is 0 Å². The van der Waals surface area contributed by atoms with E-state index in [1.165, 1.54) is 0 Å². The largest absolute Gasteiger partial charge is 0.454 e. The van der Waals surface area contributed by atoms with Crippen molar-refractivity contribution < 1.29 is 19.1 Å². The van der Waals surface area contributed by atoms with Crippen LogP contribution in [0, 0.1) is 0 Å². The van der Waals surface area contributed by atoms with Crippen molar-refractivity contribution in [1.82, 2.24) is 4.90 Å². The van der Waals surface area contributed by atoms with Gasteiger partial charge in [0.2, 0.25) is 0 Å². The van der Waals surface area contributed by atoms with Crippen LogP contribution in [0.25, 0.3) is 0 Å². The van der Waals surface area contributed by atoms with Crippen LogP contribution in [-0.2, 0) is 14.3 Å². The van der Waals surface area contributed by atoms with E-state index < -0.39 is 5.60 Å². The van der Waals surface area contributed by atoms with Gasteiger partial charge < -0.3 is 14.4 Å². The minimum absolute atomic E-state index is 0.302. The highest BCUT2D eigenvalue weighted by Gasteiger charge is 2.26. The molecular weight excluding hydrogens is 306 g/mol. The molecule has 0 bridgehead atoms. The number of ether oxygens (including phenoxy) is 2. The van der Waals surface area contributed by atoms with E-state index in [9.17, 15) is 9.59 Å². The lowest BCUT2D eigenvalue weighted by Crippen LogP contribution is -2.39. The lowest BCUT2D eigenvalue weighted by Gasteiger charge is -2.29. The fraction of sp³-hybridized carbons (Fsp3) is 0.474. The van der Waals surface area contributed by atoms with Crippen molar-refractivity contribution >= 4 is 12.1 Å². The van der Waals surface area contributed by atoms with Crippen LogP contribution in [-0.4, -0.2) is 35.7 Å². The molecule has 1 heterocycles. The SMILES string of the molecule is CC(OC(=O)C1=CCN(C(=O)OC(C)(C)C)CC1)c1ccccc1. The van der Waals surface area contributed by atoms with Crippen molar-refractivity contribution in [3.8, 4) is 0 Å². The summed E-state index contributed by atoms with van der Waals surface area (Å²) in [6, 6.07) is 9.61. The molecule has 1 unspecified atom stereocenters. The Balaban J connectivity index is 1.90. The molecule has 0 spiro atoms. The summed E-state index contributed by atoms with van der Waals surface area (Å²) >= 11 is 0. The first-order valence-corrected chi connectivity index (χ1v) is 8.19. The smallest absolute Gasteiger partial charge is 0.410 e. The molecule has 1 aromatic carbocycles. The summed E-state index contributed by atoms with van der Waals surface area (Å²) in [7, 11) is 0. The molecule has 0 saturated carbocycles. The number of rotatable bonds is 3.